The standard InChI is InChI=1S/C36H56O13/c1-30(16-39)19-6-8-31(2)20(32(19,3)26(45)24(43)25(30)44)7-10-35-15-36(31,35)12-11-34(9-5-17(13-37)33(4,47)28(34)35)29(46)49-27-23(42)22(41)21(40)18(14-38)48-27/h7,10,17-28,37-45,47H,5-6,8-9,11-16H2,1-4H3/t17-,18-,19+,20+,21-,22+,23-,24-,25+,26+,27+,28+,30-,31+,32-,33+,34-,35+,36+/m0/s1. The summed E-state index contributed by atoms with van der Waals surface area (Å²) >= 11 is 0. The zero-order chi connectivity index (χ0) is 35.9. The maximum Gasteiger partial charge on any atom is 0.314 e. The Balaban J connectivity index is 1.30. The molecule has 13 nitrogen and oxygen atoms in total. The van der Waals surface area contributed by atoms with Crippen LogP contribution >= 0.6 is 0 Å². The third kappa shape index (κ3) is 4.12. The first kappa shape index (κ1) is 36.1. The number of esters is 1. The van der Waals surface area contributed by atoms with Crippen LogP contribution in [0.25, 0.3) is 0 Å². The van der Waals surface area contributed by atoms with Crippen LogP contribution in [0.5, 0.6) is 0 Å². The van der Waals surface area contributed by atoms with Crippen molar-refractivity contribution in [2.75, 3.05) is 19.8 Å². The van der Waals surface area contributed by atoms with Gasteiger partial charge in [-0.3, -0.25) is 4.79 Å². The number of allylic oxidation sites excluding steroid dienone is 2. The summed E-state index contributed by atoms with van der Waals surface area (Å²) in [4.78, 5) is 14.6. The molecule has 0 unspecified atom stereocenters. The van der Waals surface area contributed by atoms with Crippen LogP contribution in [0.3, 0.4) is 0 Å². The number of hydrogen-bond donors (Lipinski definition) is 10. The van der Waals surface area contributed by atoms with Gasteiger partial charge in [0.1, 0.15) is 30.5 Å². The fourth-order valence-corrected chi connectivity index (χ4v) is 13.7. The van der Waals surface area contributed by atoms with Gasteiger partial charge in [0.2, 0.25) is 6.29 Å². The molecule has 0 aromatic rings. The van der Waals surface area contributed by atoms with Crippen molar-refractivity contribution < 1.29 is 65.3 Å². The third-order valence-corrected chi connectivity index (χ3v) is 16.3. The molecule has 19 atom stereocenters. The molecule has 7 rings (SSSR count). The van der Waals surface area contributed by atoms with E-state index in [1.807, 2.05) is 6.92 Å². The van der Waals surface area contributed by atoms with Gasteiger partial charge >= 0.3 is 5.97 Å². The van der Waals surface area contributed by atoms with Crippen LogP contribution in [-0.4, -0.2) is 131 Å². The first-order valence-corrected chi connectivity index (χ1v) is 18.0. The van der Waals surface area contributed by atoms with E-state index >= 15 is 0 Å². The van der Waals surface area contributed by atoms with Crippen LogP contribution in [0.1, 0.15) is 72.6 Å². The summed E-state index contributed by atoms with van der Waals surface area (Å²) < 4.78 is 11.4. The average molecular weight is 697 g/mol. The van der Waals surface area contributed by atoms with Gasteiger partial charge in [-0.05, 0) is 74.5 Å². The Morgan fingerprint density at radius 3 is 2.16 bits per heavy atom. The van der Waals surface area contributed by atoms with Crippen LogP contribution in [0, 0.1) is 56.2 Å². The monoisotopic (exact) mass is 696 g/mol. The Kier molecular flexibility index (Phi) is 8.22. The lowest BCUT2D eigenvalue weighted by atomic mass is 9.35. The van der Waals surface area contributed by atoms with Gasteiger partial charge in [0, 0.05) is 34.7 Å². The van der Waals surface area contributed by atoms with Crippen molar-refractivity contribution in [1.82, 2.24) is 0 Å². The molecule has 0 amide bonds. The number of fused-ring (bicyclic) bond motifs is 4. The van der Waals surface area contributed by atoms with Gasteiger partial charge in [-0.2, -0.15) is 0 Å². The largest absolute Gasteiger partial charge is 0.432 e. The number of ether oxygens (including phenoxy) is 2. The molecule has 278 valence electrons. The van der Waals surface area contributed by atoms with Crippen molar-refractivity contribution in [1.29, 1.82) is 0 Å². The van der Waals surface area contributed by atoms with Crippen molar-refractivity contribution in [2.45, 2.75) is 127 Å². The van der Waals surface area contributed by atoms with Gasteiger partial charge in [-0.15, -0.1) is 0 Å². The van der Waals surface area contributed by atoms with Crippen molar-refractivity contribution in [3.63, 3.8) is 0 Å². The second kappa shape index (κ2) is 11.1. The highest BCUT2D eigenvalue weighted by Crippen LogP contribution is 2.90. The minimum atomic E-state index is -1.78. The van der Waals surface area contributed by atoms with E-state index in [1.165, 1.54) is 0 Å². The lowest BCUT2D eigenvalue weighted by molar-refractivity contribution is -0.302. The number of hydrogen-bond acceptors (Lipinski definition) is 13. The zero-order valence-corrected chi connectivity index (χ0v) is 28.9. The Hall–Kier alpha value is -1.23. The summed E-state index contributed by atoms with van der Waals surface area (Å²) in [5.41, 5.74) is -6.35. The van der Waals surface area contributed by atoms with E-state index < -0.39 is 112 Å². The van der Waals surface area contributed by atoms with E-state index in [4.69, 9.17) is 9.47 Å². The maximum atomic E-state index is 14.6. The van der Waals surface area contributed by atoms with E-state index in [2.05, 4.69) is 19.1 Å². The molecule has 0 aromatic carbocycles. The lowest BCUT2D eigenvalue weighted by Gasteiger charge is -2.70. The predicted octanol–water partition coefficient (Wildman–Crippen LogP) is -1.04. The molecule has 1 heterocycles. The first-order valence-electron chi connectivity index (χ1n) is 18.0. The van der Waals surface area contributed by atoms with E-state index in [1.54, 1.807) is 13.8 Å². The fourth-order valence-electron chi connectivity index (χ4n) is 13.7. The number of carbonyl (C=O) groups is 1. The minimum absolute atomic E-state index is 0.270. The Bertz CT molecular complexity index is 1370. The van der Waals surface area contributed by atoms with Gasteiger partial charge in [-0.25, -0.2) is 0 Å². The highest BCUT2D eigenvalue weighted by molar-refractivity contribution is 5.79. The molecular formula is C36H56O13. The molecule has 1 aliphatic heterocycles. The molecule has 0 bridgehead atoms. The molecule has 0 radical (unpaired) electrons. The smallest absolute Gasteiger partial charge is 0.314 e. The van der Waals surface area contributed by atoms with Crippen molar-refractivity contribution in [2.24, 2.45) is 56.2 Å². The van der Waals surface area contributed by atoms with Crippen LogP contribution in [0.15, 0.2) is 12.2 Å². The van der Waals surface area contributed by atoms with Crippen LogP contribution < -0.4 is 0 Å². The van der Waals surface area contributed by atoms with E-state index in [0.29, 0.717) is 44.9 Å². The van der Waals surface area contributed by atoms with Crippen LogP contribution in [-0.2, 0) is 14.3 Å². The Labute approximate surface area is 286 Å². The summed E-state index contributed by atoms with van der Waals surface area (Å²) in [6, 6.07) is 0. The Morgan fingerprint density at radius 2 is 1.53 bits per heavy atom. The average Bonchev–Trinajstić information content (AvgIpc) is 3.78. The van der Waals surface area contributed by atoms with E-state index in [0.717, 1.165) is 0 Å². The van der Waals surface area contributed by atoms with Crippen molar-refractivity contribution >= 4 is 5.97 Å². The molecule has 1 saturated heterocycles. The molecule has 5 saturated carbocycles. The topological polar surface area (TPSA) is 238 Å². The number of aliphatic hydroxyl groups excluding tert-OH is 9. The molecule has 6 fully saturated rings. The van der Waals surface area contributed by atoms with Gasteiger partial charge in [0.05, 0.1) is 36.4 Å². The minimum Gasteiger partial charge on any atom is -0.432 e. The molecular weight excluding hydrogens is 640 g/mol. The van der Waals surface area contributed by atoms with Gasteiger partial charge < -0.3 is 60.5 Å². The zero-order valence-electron chi connectivity index (χ0n) is 28.9. The van der Waals surface area contributed by atoms with Crippen molar-refractivity contribution in [3.05, 3.63) is 12.2 Å². The van der Waals surface area contributed by atoms with E-state index in [9.17, 15) is 55.9 Å². The molecule has 0 spiro atoms. The summed E-state index contributed by atoms with van der Waals surface area (Å²) in [6.07, 6.45) is -4.53. The fraction of sp³-hybridized carbons (Fsp3) is 0.917. The molecule has 6 aliphatic carbocycles. The van der Waals surface area contributed by atoms with Crippen LogP contribution in [0.2, 0.25) is 0 Å². The number of carbonyl (C=O) groups excluding carboxylic acids is 1. The second-order valence-corrected chi connectivity index (χ2v) is 17.9. The molecule has 7 aliphatic rings. The van der Waals surface area contributed by atoms with Gasteiger partial charge in [0.15, 0.2) is 0 Å². The summed E-state index contributed by atoms with van der Waals surface area (Å²) in [5.74, 6) is -2.56. The van der Waals surface area contributed by atoms with Gasteiger partial charge in [-0.1, -0.05) is 32.9 Å². The molecule has 13 heteroatoms. The summed E-state index contributed by atoms with van der Waals surface area (Å²) in [7, 11) is 0. The highest BCUT2D eigenvalue weighted by Gasteiger charge is 2.87. The summed E-state index contributed by atoms with van der Waals surface area (Å²) in [6.45, 7) is 6.27. The van der Waals surface area contributed by atoms with Crippen LogP contribution in [0.4, 0.5) is 0 Å². The third-order valence-electron chi connectivity index (χ3n) is 16.3. The quantitative estimate of drug-likeness (QED) is 0.122. The number of aliphatic hydroxyl groups is 10. The van der Waals surface area contributed by atoms with Gasteiger partial charge in [0.25, 0.3) is 0 Å². The SMILES string of the molecule is C[C@@]1(O)[C@H](CO)CC[C@]2(C(=O)O[C@H]3O[C@@H](CO)[C@H](O)[C@@H](O)[C@@H]3O)CC[C@]34C[C@]3(C=C[C@H]3[C@@]5(C)[C@H](O)[C@@H](O)[C@@H](O)[C@@](C)(CO)[C@H]5CC[C@]34C)[C@@H]21. The molecule has 0 aromatic heterocycles. The normalized spacial score (nSPS) is 60.6. The molecule has 10 N–H and O–H groups in total. The van der Waals surface area contributed by atoms with E-state index in [-0.39, 0.29) is 25.0 Å². The highest BCUT2D eigenvalue weighted by atomic mass is 16.7. The second-order valence-electron chi connectivity index (χ2n) is 17.9. The van der Waals surface area contributed by atoms with Crippen molar-refractivity contribution in [3.8, 4) is 0 Å². The predicted molar refractivity (Wildman–Crippen MR) is 170 cm³/mol. The summed E-state index contributed by atoms with van der Waals surface area (Å²) in [5, 5.41) is 109. The Morgan fingerprint density at radius 1 is 0.837 bits per heavy atom. The maximum absolute atomic E-state index is 14.6. The number of rotatable bonds is 5. The first-order chi connectivity index (χ1) is 22.8. The molecule has 49 heavy (non-hydrogen) atoms. The lowest BCUT2D eigenvalue weighted by Crippen LogP contribution is -2.72.